The largest absolute Gasteiger partial charge is 0.344 e. The van der Waals surface area contributed by atoms with Gasteiger partial charge in [0.15, 0.2) is 9.84 Å². The van der Waals surface area contributed by atoms with Crippen molar-refractivity contribution in [3.05, 3.63) is 57.2 Å². The molecule has 1 atom stereocenters. The molecule has 140 valence electrons. The van der Waals surface area contributed by atoms with Crippen molar-refractivity contribution in [3.8, 4) is 10.6 Å². The van der Waals surface area contributed by atoms with Gasteiger partial charge in [0.25, 0.3) is 5.91 Å². The Labute approximate surface area is 166 Å². The van der Waals surface area contributed by atoms with Gasteiger partial charge in [-0.15, -0.1) is 11.3 Å². The highest BCUT2D eigenvalue weighted by Crippen LogP contribution is 2.33. The maximum Gasteiger partial charge on any atom is 0.263 e. The molecule has 0 aliphatic carbocycles. The molecule has 1 amide bonds. The molecule has 8 heteroatoms. The van der Waals surface area contributed by atoms with E-state index in [0.29, 0.717) is 33.9 Å². The summed E-state index contributed by atoms with van der Waals surface area (Å²) in [7, 11) is -3.31. The van der Waals surface area contributed by atoms with Crippen molar-refractivity contribution in [3.63, 3.8) is 0 Å². The molecule has 1 aliphatic heterocycles. The summed E-state index contributed by atoms with van der Waals surface area (Å²) in [6.45, 7) is 1.83. The van der Waals surface area contributed by atoms with Crippen LogP contribution in [0.5, 0.6) is 0 Å². The Morgan fingerprint density at radius 2 is 2.07 bits per heavy atom. The fraction of sp³-hybridized carbons (Fsp3) is 0.263. The fourth-order valence-corrected chi connectivity index (χ4v) is 6.59. The molecule has 3 aromatic rings. The van der Waals surface area contributed by atoms with Gasteiger partial charge in [0, 0.05) is 10.9 Å². The number of thiazole rings is 1. The number of carbonyl (C=O) groups is 1. The van der Waals surface area contributed by atoms with Gasteiger partial charge >= 0.3 is 0 Å². The maximum atomic E-state index is 12.9. The van der Waals surface area contributed by atoms with Crippen LogP contribution in [0.4, 0.5) is 0 Å². The van der Waals surface area contributed by atoms with E-state index in [9.17, 15) is 13.2 Å². The van der Waals surface area contributed by atoms with Crippen LogP contribution in [0.1, 0.15) is 39.8 Å². The van der Waals surface area contributed by atoms with Crippen LogP contribution in [0.3, 0.4) is 0 Å². The number of thiophene rings is 1. The smallest absolute Gasteiger partial charge is 0.263 e. The monoisotopic (exact) mass is 418 g/mol. The summed E-state index contributed by atoms with van der Waals surface area (Å²) in [5, 5.41) is 7.85. The summed E-state index contributed by atoms with van der Waals surface area (Å²) >= 11 is 2.96. The van der Waals surface area contributed by atoms with Crippen molar-refractivity contribution in [2.45, 2.75) is 30.7 Å². The van der Waals surface area contributed by atoms with Crippen molar-refractivity contribution < 1.29 is 13.2 Å². The average Bonchev–Trinajstić information content (AvgIpc) is 3.27. The minimum Gasteiger partial charge on any atom is -0.344 e. The molecule has 5 nitrogen and oxygen atoms in total. The molecule has 1 N–H and O–H groups in total. The number of hydrogen-bond donors (Lipinski definition) is 1. The van der Waals surface area contributed by atoms with E-state index in [1.54, 1.807) is 29.5 Å². The predicted octanol–water partition coefficient (Wildman–Crippen LogP) is 4.22. The fourth-order valence-electron chi connectivity index (χ4n) is 3.29. The van der Waals surface area contributed by atoms with E-state index in [-0.39, 0.29) is 17.7 Å². The molecule has 2 aromatic heterocycles. The highest BCUT2D eigenvalue weighted by Gasteiger charge is 2.29. The molecule has 3 heterocycles. The Hall–Kier alpha value is -2.03. The molecule has 0 unspecified atom stereocenters. The van der Waals surface area contributed by atoms with Crippen molar-refractivity contribution in [2.24, 2.45) is 0 Å². The number of fused-ring (bicyclic) bond motifs is 1. The molecular formula is C19H18N2O3S3. The van der Waals surface area contributed by atoms with Crippen molar-refractivity contribution >= 4 is 38.4 Å². The normalized spacial score (nSPS) is 18.5. The summed E-state index contributed by atoms with van der Waals surface area (Å²) in [4.78, 5) is 18.3. The number of rotatable bonds is 3. The topological polar surface area (TPSA) is 76.1 Å². The lowest BCUT2D eigenvalue weighted by Gasteiger charge is -2.18. The second-order valence-corrected chi connectivity index (χ2v) is 10.3. The first-order valence-corrected chi connectivity index (χ1v) is 12.0. The summed E-state index contributed by atoms with van der Waals surface area (Å²) in [5.41, 5.74) is 2.37. The van der Waals surface area contributed by atoms with Crippen LogP contribution in [-0.4, -0.2) is 25.1 Å². The first-order chi connectivity index (χ1) is 13.0. The zero-order valence-corrected chi connectivity index (χ0v) is 17.1. The van der Waals surface area contributed by atoms with Crippen LogP contribution in [0, 0.1) is 6.92 Å². The predicted molar refractivity (Wildman–Crippen MR) is 108 cm³/mol. The summed E-state index contributed by atoms with van der Waals surface area (Å²) < 4.78 is 24.9. The summed E-state index contributed by atoms with van der Waals surface area (Å²) in [6, 6.07) is 8.61. The number of amides is 1. The number of benzene rings is 1. The number of aromatic nitrogens is 1. The van der Waals surface area contributed by atoms with Crippen molar-refractivity contribution in [1.29, 1.82) is 0 Å². The lowest BCUT2D eigenvalue weighted by Crippen LogP contribution is -2.28. The molecule has 0 saturated heterocycles. The van der Waals surface area contributed by atoms with E-state index in [1.807, 2.05) is 29.8 Å². The van der Waals surface area contributed by atoms with Crippen LogP contribution in [0.25, 0.3) is 10.6 Å². The third-order valence-corrected chi connectivity index (χ3v) is 8.37. The molecular weight excluding hydrogens is 400 g/mol. The van der Waals surface area contributed by atoms with Gasteiger partial charge < -0.3 is 5.32 Å². The van der Waals surface area contributed by atoms with Crippen LogP contribution in [0.2, 0.25) is 0 Å². The Morgan fingerprint density at radius 1 is 1.26 bits per heavy atom. The van der Waals surface area contributed by atoms with E-state index in [4.69, 9.17) is 0 Å². The summed E-state index contributed by atoms with van der Waals surface area (Å²) in [5.74, 6) is -0.0938. The minimum atomic E-state index is -3.31. The minimum absolute atomic E-state index is 0.109. The standard InChI is InChI=1S/C19H18N2O3S3/c1-12-17(26-19(20-12)13-8-9-25-11-13)18(22)21-15-6-4-10-27(23,24)16-7-3-2-5-14(15)16/h2-3,5,7-9,11,15H,4,6,10H2,1H3,(H,21,22)/t15-/m1/s1. The molecule has 0 bridgehead atoms. The Morgan fingerprint density at radius 3 is 2.85 bits per heavy atom. The van der Waals surface area contributed by atoms with Crippen LogP contribution in [0.15, 0.2) is 46.0 Å². The van der Waals surface area contributed by atoms with Gasteiger partial charge in [-0.1, -0.05) is 18.2 Å². The van der Waals surface area contributed by atoms with Gasteiger partial charge in [-0.3, -0.25) is 4.79 Å². The number of sulfone groups is 1. The molecule has 27 heavy (non-hydrogen) atoms. The SMILES string of the molecule is Cc1nc(-c2ccsc2)sc1C(=O)N[C@@H]1CCCS(=O)(=O)c2ccccc21. The first-order valence-electron chi connectivity index (χ1n) is 8.58. The third kappa shape index (κ3) is 3.56. The Kier molecular flexibility index (Phi) is 4.88. The van der Waals surface area contributed by atoms with Crippen molar-refractivity contribution in [1.82, 2.24) is 10.3 Å². The number of hydrogen-bond acceptors (Lipinski definition) is 6. The highest BCUT2D eigenvalue weighted by molar-refractivity contribution is 7.91. The first kappa shape index (κ1) is 18.3. The lowest BCUT2D eigenvalue weighted by atomic mass is 10.0. The van der Waals surface area contributed by atoms with E-state index < -0.39 is 9.84 Å². The van der Waals surface area contributed by atoms with E-state index in [1.165, 1.54) is 11.3 Å². The maximum absolute atomic E-state index is 12.9. The number of carbonyl (C=O) groups excluding carboxylic acids is 1. The lowest BCUT2D eigenvalue weighted by molar-refractivity contribution is 0.0937. The van der Waals surface area contributed by atoms with Gasteiger partial charge in [0.1, 0.15) is 9.88 Å². The second kappa shape index (κ2) is 7.18. The number of nitrogens with one attached hydrogen (secondary N) is 1. The molecule has 4 rings (SSSR count). The Bertz CT molecular complexity index is 1090. The molecule has 1 aliphatic rings. The summed E-state index contributed by atoms with van der Waals surface area (Å²) in [6.07, 6.45) is 1.11. The van der Waals surface area contributed by atoms with E-state index >= 15 is 0 Å². The van der Waals surface area contributed by atoms with Crippen LogP contribution >= 0.6 is 22.7 Å². The molecule has 0 spiro atoms. The molecule has 0 radical (unpaired) electrons. The van der Waals surface area contributed by atoms with Gasteiger partial charge in [-0.2, -0.15) is 11.3 Å². The van der Waals surface area contributed by atoms with E-state index in [0.717, 1.165) is 10.6 Å². The number of aryl methyl sites for hydroxylation is 1. The third-order valence-electron chi connectivity index (χ3n) is 4.61. The van der Waals surface area contributed by atoms with E-state index in [2.05, 4.69) is 10.3 Å². The van der Waals surface area contributed by atoms with Crippen LogP contribution < -0.4 is 5.32 Å². The number of nitrogens with zero attached hydrogens (tertiary/aromatic N) is 1. The second-order valence-electron chi connectivity index (χ2n) is 6.47. The van der Waals surface area contributed by atoms with Crippen LogP contribution in [-0.2, 0) is 9.84 Å². The van der Waals surface area contributed by atoms with Gasteiger partial charge in [-0.25, -0.2) is 13.4 Å². The van der Waals surface area contributed by atoms with Crippen molar-refractivity contribution in [2.75, 3.05) is 5.75 Å². The van der Waals surface area contributed by atoms with Gasteiger partial charge in [0.2, 0.25) is 0 Å². The molecule has 1 aromatic carbocycles. The Balaban J connectivity index is 1.63. The molecule has 0 saturated carbocycles. The quantitative estimate of drug-likeness (QED) is 0.691. The highest BCUT2D eigenvalue weighted by atomic mass is 32.2. The average molecular weight is 419 g/mol. The van der Waals surface area contributed by atoms with Gasteiger partial charge in [0.05, 0.1) is 22.4 Å². The zero-order valence-electron chi connectivity index (χ0n) is 14.6. The van der Waals surface area contributed by atoms with Gasteiger partial charge in [-0.05, 0) is 42.8 Å². The zero-order chi connectivity index (χ0) is 19.0. The molecule has 0 fully saturated rings.